The molecule has 3 aromatic carbocycles. The van der Waals surface area contributed by atoms with Crippen LogP contribution in [0.2, 0.25) is 0 Å². The zero-order chi connectivity index (χ0) is 26.6. The van der Waals surface area contributed by atoms with Gasteiger partial charge in [0, 0.05) is 34.5 Å². The topological polar surface area (TPSA) is 60.4 Å². The van der Waals surface area contributed by atoms with Crippen LogP contribution in [0.3, 0.4) is 0 Å². The summed E-state index contributed by atoms with van der Waals surface area (Å²) in [6, 6.07) is 18.9. The van der Waals surface area contributed by atoms with E-state index in [0.29, 0.717) is 17.8 Å². The molecule has 0 unspecified atom stereocenters. The van der Waals surface area contributed by atoms with E-state index in [-0.39, 0.29) is 5.91 Å². The number of amides is 1. The van der Waals surface area contributed by atoms with Gasteiger partial charge in [-0.1, -0.05) is 63.5 Å². The maximum Gasteiger partial charge on any atom is 0.258 e. The molecule has 0 aliphatic rings. The fourth-order valence-electron chi connectivity index (χ4n) is 4.01. The van der Waals surface area contributed by atoms with E-state index >= 15 is 0 Å². The first kappa shape index (κ1) is 27.7. The molecule has 0 saturated carbocycles. The van der Waals surface area contributed by atoms with Crippen LogP contribution in [0.1, 0.15) is 89.8 Å². The van der Waals surface area contributed by atoms with Crippen molar-refractivity contribution in [2.24, 2.45) is 0 Å². The third kappa shape index (κ3) is 8.05. The van der Waals surface area contributed by atoms with E-state index in [1.54, 1.807) is 24.3 Å². The van der Waals surface area contributed by atoms with Crippen LogP contribution < -0.4 is 10.0 Å². The smallest absolute Gasteiger partial charge is 0.258 e. The molecule has 0 aliphatic carbocycles. The largest absolute Gasteiger partial charge is 0.545 e. The molecule has 3 aromatic rings. The Bertz CT molecular complexity index is 1250. The number of aryl methyl sites for hydroxylation is 1. The molecular weight excluding hydrogens is 465 g/mol. The average Bonchev–Trinajstić information content (AvgIpc) is 2.91. The Balaban J connectivity index is 1.78. The van der Waals surface area contributed by atoms with Gasteiger partial charge in [0.15, 0.2) is 0 Å². The van der Waals surface area contributed by atoms with Crippen LogP contribution in [0.4, 0.5) is 10.1 Å². The van der Waals surface area contributed by atoms with Crippen molar-refractivity contribution in [1.82, 2.24) is 0 Å². The molecule has 0 aromatic heterocycles. The number of hydrogen-bond acceptors (Lipinski definition) is 3. The van der Waals surface area contributed by atoms with E-state index in [1.165, 1.54) is 29.4 Å². The van der Waals surface area contributed by atoms with Gasteiger partial charge in [0.1, 0.15) is 5.82 Å². The highest BCUT2D eigenvalue weighted by molar-refractivity contribution is 6.06. The van der Waals surface area contributed by atoms with Gasteiger partial charge in [-0.25, -0.2) is 4.39 Å². The predicted molar refractivity (Wildman–Crippen MR) is 144 cm³/mol. The monoisotopic (exact) mass is 498 g/mol. The Labute approximate surface area is 219 Å². The lowest BCUT2D eigenvalue weighted by molar-refractivity contribution is -0.255. The Morgan fingerprint density at radius 3 is 2.03 bits per heavy atom. The molecule has 37 heavy (non-hydrogen) atoms. The molecule has 1 amide bonds. The van der Waals surface area contributed by atoms with Gasteiger partial charge in [-0.2, -0.15) is 0 Å². The number of benzene rings is 3. The number of hydrogen-bond donors (Lipinski definition) is 0. The van der Waals surface area contributed by atoms with Crippen molar-refractivity contribution in [3.8, 4) is 11.8 Å². The molecule has 0 radical (unpaired) electrons. The molecule has 0 atom stereocenters. The zero-order valence-corrected chi connectivity index (χ0v) is 21.6. The predicted octanol–water partition coefficient (Wildman–Crippen LogP) is 6.16. The first-order valence-corrected chi connectivity index (χ1v) is 13.0. The van der Waals surface area contributed by atoms with Gasteiger partial charge in [-0.05, 0) is 79.4 Å². The summed E-state index contributed by atoms with van der Waals surface area (Å²) in [6.07, 6.45) is 7.17. The van der Waals surface area contributed by atoms with Gasteiger partial charge in [-0.15, -0.1) is 0 Å². The number of halogens is 1. The summed E-state index contributed by atoms with van der Waals surface area (Å²) in [6.45, 7) is 4.67. The Morgan fingerprint density at radius 1 is 0.811 bits per heavy atom. The second kappa shape index (κ2) is 14.0. The second-order valence-electron chi connectivity index (χ2n) is 9.10. The Morgan fingerprint density at radius 2 is 1.43 bits per heavy atom. The number of carboxylic acid groups (broad SMARTS) is 1. The van der Waals surface area contributed by atoms with Crippen LogP contribution in [0.25, 0.3) is 0 Å². The van der Waals surface area contributed by atoms with E-state index in [4.69, 9.17) is 0 Å². The van der Waals surface area contributed by atoms with Crippen LogP contribution in [-0.4, -0.2) is 18.4 Å². The lowest BCUT2D eigenvalue weighted by Crippen LogP contribution is -2.32. The van der Waals surface area contributed by atoms with E-state index in [2.05, 4.69) is 37.8 Å². The molecule has 0 bridgehead atoms. The minimum absolute atomic E-state index is 0.283. The molecule has 0 N–H and O–H groups in total. The summed E-state index contributed by atoms with van der Waals surface area (Å²) < 4.78 is 13.9. The molecule has 0 aliphatic heterocycles. The lowest BCUT2D eigenvalue weighted by Gasteiger charge is -2.24. The zero-order valence-electron chi connectivity index (χ0n) is 21.6. The highest BCUT2D eigenvalue weighted by Gasteiger charge is 2.19. The van der Waals surface area contributed by atoms with Crippen molar-refractivity contribution < 1.29 is 19.1 Å². The van der Waals surface area contributed by atoms with Crippen molar-refractivity contribution in [3.63, 3.8) is 0 Å². The second-order valence-corrected chi connectivity index (χ2v) is 9.10. The quantitative estimate of drug-likeness (QED) is 0.235. The minimum atomic E-state index is -1.61. The van der Waals surface area contributed by atoms with E-state index in [9.17, 15) is 19.1 Å². The third-order valence-electron chi connectivity index (χ3n) is 6.22. The maximum absolute atomic E-state index is 13.9. The number of rotatable bonds is 11. The molecule has 0 fully saturated rings. The van der Waals surface area contributed by atoms with Gasteiger partial charge >= 0.3 is 0 Å². The highest BCUT2D eigenvalue weighted by Crippen LogP contribution is 2.22. The van der Waals surface area contributed by atoms with Gasteiger partial charge in [-0.3, -0.25) is 4.79 Å². The molecule has 4 nitrogen and oxygen atoms in total. The van der Waals surface area contributed by atoms with Crippen molar-refractivity contribution in [2.75, 3.05) is 11.4 Å². The summed E-state index contributed by atoms with van der Waals surface area (Å²) in [4.78, 5) is 26.2. The van der Waals surface area contributed by atoms with Crippen LogP contribution in [0.15, 0.2) is 66.7 Å². The molecule has 192 valence electrons. The summed E-state index contributed by atoms with van der Waals surface area (Å²) in [7, 11) is 0. The highest BCUT2D eigenvalue weighted by atomic mass is 19.1. The number of carbonyl (C=O) groups excluding carboxylic acids is 2. The summed E-state index contributed by atoms with van der Waals surface area (Å²) in [5, 5.41) is 11.3. The number of unbranched alkanes of at least 4 members (excludes halogenated alkanes) is 4. The fraction of sp³-hybridized carbons (Fsp3) is 0.312. The molecule has 0 spiro atoms. The third-order valence-corrected chi connectivity index (χ3v) is 6.22. The van der Waals surface area contributed by atoms with Crippen LogP contribution in [-0.2, 0) is 6.42 Å². The number of nitrogens with zero attached hydrogens (tertiary/aromatic N) is 1. The fourth-order valence-corrected chi connectivity index (χ4v) is 4.01. The first-order valence-electron chi connectivity index (χ1n) is 13.0. The number of aromatic carboxylic acids is 1. The van der Waals surface area contributed by atoms with Crippen LogP contribution >= 0.6 is 0 Å². The van der Waals surface area contributed by atoms with E-state index in [0.717, 1.165) is 55.4 Å². The van der Waals surface area contributed by atoms with Gasteiger partial charge < -0.3 is 14.8 Å². The minimum Gasteiger partial charge on any atom is -0.545 e. The molecule has 3 rings (SSSR count). The Hall–Kier alpha value is -3.91. The molecule has 5 heteroatoms. The lowest BCUT2D eigenvalue weighted by atomic mass is 10.1. The van der Waals surface area contributed by atoms with Crippen molar-refractivity contribution in [1.29, 1.82) is 0 Å². The van der Waals surface area contributed by atoms with E-state index < -0.39 is 17.3 Å². The average molecular weight is 499 g/mol. The SMILES string of the molecule is CCCCCCN(C(=O)c1ccc(C#Cc2ccc(CCCC)cc2)cc1)c1ccc(F)c(C(=O)[O-])c1. The summed E-state index contributed by atoms with van der Waals surface area (Å²) in [5.74, 6) is 3.51. The van der Waals surface area contributed by atoms with Gasteiger partial charge in [0.25, 0.3) is 5.91 Å². The molecule has 0 heterocycles. The van der Waals surface area contributed by atoms with Crippen molar-refractivity contribution in [3.05, 3.63) is 100 Å². The number of anilines is 1. The normalized spacial score (nSPS) is 10.5. The van der Waals surface area contributed by atoms with Crippen LogP contribution in [0.5, 0.6) is 0 Å². The summed E-state index contributed by atoms with van der Waals surface area (Å²) >= 11 is 0. The number of carboxylic acids is 1. The van der Waals surface area contributed by atoms with Crippen molar-refractivity contribution in [2.45, 2.75) is 58.8 Å². The Kier molecular flexibility index (Phi) is 10.5. The van der Waals surface area contributed by atoms with Gasteiger partial charge in [0.05, 0.1) is 5.97 Å². The first-order chi connectivity index (χ1) is 17.9. The van der Waals surface area contributed by atoms with Crippen molar-refractivity contribution >= 4 is 17.6 Å². The molecule has 0 saturated heterocycles. The molecular formula is C32H33FNO3-. The van der Waals surface area contributed by atoms with Crippen LogP contribution in [0, 0.1) is 17.7 Å². The van der Waals surface area contributed by atoms with Gasteiger partial charge in [0.2, 0.25) is 0 Å². The summed E-state index contributed by atoms with van der Waals surface area (Å²) in [5.41, 5.74) is 3.23. The standard InChI is InChI=1S/C32H34FNO3/c1-3-5-7-8-22-34(28-20-21-30(33)29(23-28)32(36)37)31(35)27-18-16-26(17-19-27)15-14-25-12-10-24(11-13-25)9-6-4-2/h10-13,16-21,23H,3-9,22H2,1-2H3,(H,36,37)/p-1. The van der Waals surface area contributed by atoms with E-state index in [1.807, 2.05) is 12.1 Å². The maximum atomic E-state index is 13.9. The number of carbonyl (C=O) groups is 2.